The number of hydrogen-bond acceptors (Lipinski definition) is 7. The maximum Gasteiger partial charge on any atom is 0.472 e. The Bertz CT molecular complexity index is 1110. The van der Waals surface area contributed by atoms with E-state index in [1.54, 1.807) is 0 Å². The number of carbonyl (C=O) groups is 2. The molecule has 0 aromatic rings. The lowest BCUT2D eigenvalue weighted by molar-refractivity contribution is -0.147. The van der Waals surface area contributed by atoms with Crippen LogP contribution in [0.3, 0.4) is 0 Å². The van der Waals surface area contributed by atoms with E-state index in [1.165, 1.54) is 57.8 Å². The number of unbranched alkanes of at least 4 members (excludes halogenated alkanes) is 13. The highest BCUT2D eigenvalue weighted by atomic mass is 31.2. The summed E-state index contributed by atoms with van der Waals surface area (Å²) in [5.74, 6) is -0.565. The number of allylic oxidation sites excluding steroid dienone is 12. The lowest BCUT2D eigenvalue weighted by Crippen LogP contribution is -2.27. The molecule has 0 aliphatic rings. The van der Waals surface area contributed by atoms with E-state index in [4.69, 9.17) is 13.8 Å². The minimum atomic E-state index is -4.43. The monoisotopic (exact) mass is 778 g/mol. The Morgan fingerprint density at radius 2 is 1.06 bits per heavy atom. The maximum atomic E-state index is 12.1. The van der Waals surface area contributed by atoms with Crippen molar-refractivity contribution < 1.29 is 37.9 Å². The van der Waals surface area contributed by atoms with Crippen LogP contribution in [0.1, 0.15) is 162 Å². The number of aliphatic hydroxyl groups excluding tert-OH is 1. The number of amides is 1. The summed E-state index contributed by atoms with van der Waals surface area (Å²) < 4.78 is 26.8. The quantitative estimate of drug-likeness (QED) is 0.0244. The molecule has 0 heterocycles. The van der Waals surface area contributed by atoms with Crippen LogP contribution in [-0.2, 0) is 27.9 Å². The van der Waals surface area contributed by atoms with Crippen LogP contribution >= 0.6 is 7.82 Å². The van der Waals surface area contributed by atoms with Crippen molar-refractivity contribution in [3.8, 4) is 0 Å². The first-order valence-electron chi connectivity index (χ1n) is 20.9. The van der Waals surface area contributed by atoms with E-state index >= 15 is 0 Å². The van der Waals surface area contributed by atoms with Gasteiger partial charge in [0.25, 0.3) is 0 Å². The van der Waals surface area contributed by atoms with Crippen molar-refractivity contribution in [3.05, 3.63) is 72.9 Å². The average Bonchev–Trinajstić information content (AvgIpc) is 3.16. The second kappa shape index (κ2) is 40.1. The van der Waals surface area contributed by atoms with Gasteiger partial charge in [-0.25, -0.2) is 4.57 Å². The molecule has 0 rings (SSSR count). The summed E-state index contributed by atoms with van der Waals surface area (Å²) in [6.45, 7) is 3.36. The third-order valence-electron chi connectivity index (χ3n) is 8.40. The highest BCUT2D eigenvalue weighted by Crippen LogP contribution is 2.42. The number of hydrogen-bond donors (Lipinski definition) is 3. The Labute approximate surface area is 329 Å². The fraction of sp³-hybridized carbons (Fsp3) is 0.682. The molecule has 0 aliphatic heterocycles. The van der Waals surface area contributed by atoms with Crippen molar-refractivity contribution in [2.45, 2.75) is 168 Å². The zero-order valence-corrected chi connectivity index (χ0v) is 34.8. The van der Waals surface area contributed by atoms with Crippen LogP contribution in [0, 0.1) is 0 Å². The minimum Gasteiger partial charge on any atom is -0.463 e. The molecule has 0 aromatic carbocycles. The zero-order chi connectivity index (χ0) is 39.6. The smallest absolute Gasteiger partial charge is 0.463 e. The number of rotatable bonds is 38. The molecule has 10 heteroatoms. The van der Waals surface area contributed by atoms with Gasteiger partial charge >= 0.3 is 13.8 Å². The third-order valence-corrected chi connectivity index (χ3v) is 9.39. The third kappa shape index (κ3) is 40.6. The fourth-order valence-corrected chi connectivity index (χ4v) is 6.02. The summed E-state index contributed by atoms with van der Waals surface area (Å²) in [7, 11) is -4.43. The highest BCUT2D eigenvalue weighted by Gasteiger charge is 2.23. The van der Waals surface area contributed by atoms with Gasteiger partial charge in [-0.3, -0.25) is 18.6 Å². The van der Waals surface area contributed by atoms with Gasteiger partial charge in [-0.1, -0.05) is 157 Å². The summed E-state index contributed by atoms with van der Waals surface area (Å²) in [5.41, 5.74) is 0. The number of carbonyl (C=O) groups excluding carboxylic acids is 2. The van der Waals surface area contributed by atoms with Crippen molar-refractivity contribution in [2.75, 3.05) is 26.4 Å². The molecule has 9 nitrogen and oxygen atoms in total. The Balaban J connectivity index is 3.71. The minimum absolute atomic E-state index is 0.0547. The van der Waals surface area contributed by atoms with Gasteiger partial charge in [-0.2, -0.15) is 0 Å². The van der Waals surface area contributed by atoms with Crippen LogP contribution in [0.5, 0.6) is 0 Å². The van der Waals surface area contributed by atoms with Crippen molar-refractivity contribution in [3.63, 3.8) is 0 Å². The van der Waals surface area contributed by atoms with E-state index in [1.807, 2.05) is 0 Å². The Morgan fingerprint density at radius 1 is 0.593 bits per heavy atom. The molecular formula is C44H76NO8P. The summed E-state index contributed by atoms with van der Waals surface area (Å²) in [6, 6.07) is 0. The number of esters is 1. The molecule has 0 saturated heterocycles. The van der Waals surface area contributed by atoms with E-state index in [0.717, 1.165) is 77.0 Å². The molecule has 0 saturated carbocycles. The largest absolute Gasteiger partial charge is 0.472 e. The molecule has 0 aliphatic carbocycles. The molecule has 0 radical (unpaired) electrons. The number of ether oxygens (including phenoxy) is 1. The normalized spacial score (nSPS) is 14.1. The number of aliphatic hydroxyl groups is 1. The molecule has 54 heavy (non-hydrogen) atoms. The van der Waals surface area contributed by atoms with Gasteiger partial charge in [0.1, 0.15) is 12.7 Å². The van der Waals surface area contributed by atoms with Crippen LogP contribution in [0.15, 0.2) is 72.9 Å². The van der Waals surface area contributed by atoms with E-state index in [2.05, 4.69) is 92.1 Å². The van der Waals surface area contributed by atoms with E-state index < -0.39 is 26.5 Å². The van der Waals surface area contributed by atoms with Gasteiger partial charge in [0.15, 0.2) is 0 Å². The summed E-state index contributed by atoms with van der Waals surface area (Å²) in [4.78, 5) is 33.8. The molecule has 0 fully saturated rings. The number of nitrogens with one attached hydrogen (secondary N) is 1. The summed E-state index contributed by atoms with van der Waals surface area (Å²) >= 11 is 0. The van der Waals surface area contributed by atoms with Crippen LogP contribution in [0.25, 0.3) is 0 Å². The molecule has 2 unspecified atom stereocenters. The SMILES string of the molecule is CC/C=C\C/C=C\C/C=C\C/C=C\C/C=C\C/C=C\CCCCC(=O)NCCOP(=O)(O)OCC(O)COC(=O)CCCCCCCCCCCCCC. The fourth-order valence-electron chi connectivity index (χ4n) is 5.26. The van der Waals surface area contributed by atoms with Crippen molar-refractivity contribution >= 4 is 19.7 Å². The molecule has 0 aromatic heterocycles. The first-order valence-corrected chi connectivity index (χ1v) is 22.4. The van der Waals surface area contributed by atoms with Crippen LogP contribution in [0.2, 0.25) is 0 Å². The van der Waals surface area contributed by atoms with Crippen LogP contribution in [0.4, 0.5) is 0 Å². The Hall–Kier alpha value is -2.55. The van der Waals surface area contributed by atoms with E-state index in [0.29, 0.717) is 6.42 Å². The first-order chi connectivity index (χ1) is 26.3. The van der Waals surface area contributed by atoms with E-state index in [9.17, 15) is 24.2 Å². The van der Waals surface area contributed by atoms with Crippen LogP contribution < -0.4 is 5.32 Å². The van der Waals surface area contributed by atoms with Crippen molar-refractivity contribution in [1.29, 1.82) is 0 Å². The zero-order valence-electron chi connectivity index (χ0n) is 33.9. The van der Waals surface area contributed by atoms with Gasteiger partial charge in [0, 0.05) is 19.4 Å². The van der Waals surface area contributed by atoms with Gasteiger partial charge < -0.3 is 20.1 Å². The van der Waals surface area contributed by atoms with Crippen molar-refractivity contribution in [1.82, 2.24) is 5.32 Å². The van der Waals surface area contributed by atoms with Crippen molar-refractivity contribution in [2.24, 2.45) is 0 Å². The van der Waals surface area contributed by atoms with Gasteiger partial charge in [-0.15, -0.1) is 0 Å². The second-order valence-corrected chi connectivity index (χ2v) is 15.0. The predicted molar refractivity (Wildman–Crippen MR) is 224 cm³/mol. The number of phosphoric ester groups is 1. The predicted octanol–water partition coefficient (Wildman–Crippen LogP) is 11.5. The highest BCUT2D eigenvalue weighted by molar-refractivity contribution is 7.47. The van der Waals surface area contributed by atoms with Gasteiger partial charge in [0.2, 0.25) is 5.91 Å². The van der Waals surface area contributed by atoms with Gasteiger partial charge in [-0.05, 0) is 64.2 Å². The maximum absolute atomic E-state index is 12.1. The topological polar surface area (TPSA) is 131 Å². The lowest BCUT2D eigenvalue weighted by Gasteiger charge is -2.15. The molecule has 2 atom stereocenters. The first kappa shape index (κ1) is 51.5. The molecule has 3 N–H and O–H groups in total. The molecule has 0 spiro atoms. The molecule has 310 valence electrons. The Kier molecular flexibility index (Phi) is 38.2. The van der Waals surface area contributed by atoms with Crippen LogP contribution in [-0.4, -0.2) is 54.3 Å². The number of phosphoric acid groups is 1. The van der Waals surface area contributed by atoms with E-state index in [-0.39, 0.29) is 32.1 Å². The summed E-state index contributed by atoms with van der Waals surface area (Å²) in [6.07, 6.45) is 48.3. The molecule has 0 bridgehead atoms. The molecule has 1 amide bonds. The molecular weight excluding hydrogens is 701 g/mol. The second-order valence-electron chi connectivity index (χ2n) is 13.6. The van der Waals surface area contributed by atoms with Gasteiger partial charge in [0.05, 0.1) is 13.2 Å². The lowest BCUT2D eigenvalue weighted by atomic mass is 10.0. The average molecular weight is 778 g/mol. The summed E-state index contributed by atoms with van der Waals surface area (Å²) in [5, 5.41) is 12.6. The standard InChI is InChI=1S/C44H76NO8P/c1-3-5-7-9-11-13-15-17-18-19-20-21-22-23-24-25-26-28-30-32-34-36-43(47)45-38-39-52-54(49,50)53-41-42(46)40-51-44(48)37-35-33-31-29-27-16-14-12-10-8-6-4-2/h5,7,11,13,17-18,20-21,23-24,26,28,42,46H,3-4,6,8-10,12,14-16,19,22,25,27,29-41H2,1-2H3,(H,45,47)(H,49,50)/b7-5-,13-11-,18-17-,21-20-,24-23-,28-26-. The Morgan fingerprint density at radius 3 is 1.57 bits per heavy atom.